The Balaban J connectivity index is 1.49. The van der Waals surface area contributed by atoms with E-state index in [-0.39, 0.29) is 22.1 Å². The van der Waals surface area contributed by atoms with Crippen molar-refractivity contribution in [1.29, 1.82) is 0 Å². The fraction of sp³-hybridized carbons (Fsp3) is 0.240. The maximum absolute atomic E-state index is 13.9. The summed E-state index contributed by atoms with van der Waals surface area (Å²) in [6.45, 7) is 3.85. The molecule has 1 amide bonds. The minimum Gasteiger partial charge on any atom is -0.368 e. The number of anilines is 1. The Hall–Kier alpha value is -3.59. The fourth-order valence-electron chi connectivity index (χ4n) is 4.16. The van der Waals surface area contributed by atoms with Crippen LogP contribution in [0.15, 0.2) is 60.7 Å². The number of rotatable bonds is 3. The van der Waals surface area contributed by atoms with Crippen LogP contribution in [-0.2, 0) is 6.18 Å². The van der Waals surface area contributed by atoms with Crippen molar-refractivity contribution < 1.29 is 18.0 Å². The second-order valence-electron chi connectivity index (χ2n) is 8.40. The van der Waals surface area contributed by atoms with Crippen molar-refractivity contribution in [3.8, 4) is 11.3 Å². The Morgan fingerprint density at radius 2 is 1.63 bits per heavy atom. The minimum atomic E-state index is -4.72. The highest BCUT2D eigenvalue weighted by molar-refractivity contribution is 6.36. The maximum atomic E-state index is 13.9. The highest BCUT2D eigenvalue weighted by Crippen LogP contribution is 2.35. The van der Waals surface area contributed by atoms with E-state index in [1.54, 1.807) is 29.2 Å². The van der Waals surface area contributed by atoms with Crippen LogP contribution in [0.4, 0.5) is 18.9 Å². The van der Waals surface area contributed by atoms with Gasteiger partial charge < -0.3 is 9.80 Å². The van der Waals surface area contributed by atoms with Crippen LogP contribution in [0.25, 0.3) is 16.9 Å². The van der Waals surface area contributed by atoms with Crippen LogP contribution < -0.4 is 4.90 Å². The zero-order chi connectivity index (χ0) is 24.7. The van der Waals surface area contributed by atoms with Gasteiger partial charge >= 0.3 is 6.18 Å². The molecular formula is C25H21ClF3N5O. The molecule has 1 saturated heterocycles. The monoisotopic (exact) mass is 499 g/mol. The molecule has 0 N–H and O–H groups in total. The summed E-state index contributed by atoms with van der Waals surface area (Å²) in [6.07, 6.45) is -4.72. The number of alkyl halides is 3. The van der Waals surface area contributed by atoms with Gasteiger partial charge in [0.2, 0.25) is 0 Å². The van der Waals surface area contributed by atoms with Gasteiger partial charge in [-0.15, -0.1) is 0 Å². The number of nitrogens with zero attached hydrogens (tertiary/aromatic N) is 5. The van der Waals surface area contributed by atoms with Gasteiger partial charge in [-0.25, -0.2) is 9.50 Å². The van der Waals surface area contributed by atoms with Crippen LogP contribution in [0.5, 0.6) is 0 Å². The first-order valence-electron chi connectivity index (χ1n) is 11.0. The van der Waals surface area contributed by atoms with E-state index in [1.807, 2.05) is 37.3 Å². The third-order valence-corrected chi connectivity index (χ3v) is 6.41. The number of halogens is 4. The molecule has 1 fully saturated rings. The number of fused-ring (bicyclic) bond motifs is 1. The van der Waals surface area contributed by atoms with Crippen LogP contribution in [0.1, 0.15) is 21.7 Å². The predicted octanol–water partition coefficient (Wildman–Crippen LogP) is 5.34. The van der Waals surface area contributed by atoms with Gasteiger partial charge in [-0.1, -0.05) is 59.6 Å². The number of hydrogen-bond donors (Lipinski definition) is 0. The van der Waals surface area contributed by atoms with Crippen molar-refractivity contribution in [3.63, 3.8) is 0 Å². The third kappa shape index (κ3) is 4.43. The van der Waals surface area contributed by atoms with Gasteiger partial charge in [0, 0.05) is 37.4 Å². The Kier molecular flexibility index (Phi) is 5.88. The molecule has 10 heteroatoms. The summed E-state index contributed by atoms with van der Waals surface area (Å²) >= 11 is 6.43. The lowest BCUT2D eigenvalue weighted by molar-refractivity contribution is -0.142. The van der Waals surface area contributed by atoms with Crippen molar-refractivity contribution in [2.75, 3.05) is 31.1 Å². The molecule has 1 aliphatic rings. The second kappa shape index (κ2) is 8.88. The quantitative estimate of drug-likeness (QED) is 0.382. The molecule has 0 spiro atoms. The molecule has 0 saturated carbocycles. The zero-order valence-electron chi connectivity index (χ0n) is 18.8. The van der Waals surface area contributed by atoms with Gasteiger partial charge in [0.15, 0.2) is 17.0 Å². The van der Waals surface area contributed by atoms with E-state index >= 15 is 0 Å². The molecule has 6 nitrogen and oxygen atoms in total. The summed E-state index contributed by atoms with van der Waals surface area (Å²) in [7, 11) is 0. The summed E-state index contributed by atoms with van der Waals surface area (Å²) in [5.74, 6) is -0.516. The summed E-state index contributed by atoms with van der Waals surface area (Å²) in [5.41, 5.74) is 1.13. The summed E-state index contributed by atoms with van der Waals surface area (Å²) in [5, 5.41) is 3.78. The summed E-state index contributed by atoms with van der Waals surface area (Å²) in [6, 6.07) is 17.7. The van der Waals surface area contributed by atoms with Gasteiger partial charge in [0.25, 0.3) is 5.91 Å². The van der Waals surface area contributed by atoms with Crippen molar-refractivity contribution in [2.24, 2.45) is 0 Å². The summed E-state index contributed by atoms with van der Waals surface area (Å²) < 4.78 is 42.5. The maximum Gasteiger partial charge on any atom is 0.433 e. The van der Waals surface area contributed by atoms with E-state index in [0.29, 0.717) is 36.3 Å². The number of hydrogen-bond acceptors (Lipinski definition) is 4. The zero-order valence-corrected chi connectivity index (χ0v) is 19.5. The van der Waals surface area contributed by atoms with Crippen LogP contribution in [-0.4, -0.2) is 51.6 Å². The lowest BCUT2D eigenvalue weighted by Gasteiger charge is -2.35. The van der Waals surface area contributed by atoms with Gasteiger partial charge in [0.05, 0.1) is 5.69 Å². The normalized spacial score (nSPS) is 14.5. The molecule has 35 heavy (non-hydrogen) atoms. The topological polar surface area (TPSA) is 53.7 Å². The smallest absolute Gasteiger partial charge is 0.368 e. The van der Waals surface area contributed by atoms with Gasteiger partial charge in [-0.2, -0.15) is 18.3 Å². The molecule has 3 heterocycles. The molecule has 0 aliphatic carbocycles. The highest BCUT2D eigenvalue weighted by Gasteiger charge is 2.37. The number of aromatic nitrogens is 3. The van der Waals surface area contributed by atoms with E-state index in [4.69, 9.17) is 11.6 Å². The Bertz CT molecular complexity index is 1380. The number of amides is 1. The molecule has 180 valence electrons. The second-order valence-corrected chi connectivity index (χ2v) is 8.78. The Morgan fingerprint density at radius 3 is 2.26 bits per heavy atom. The average molecular weight is 500 g/mol. The van der Waals surface area contributed by atoms with E-state index in [1.165, 1.54) is 0 Å². The third-order valence-electron chi connectivity index (χ3n) is 6.06. The van der Waals surface area contributed by atoms with E-state index < -0.39 is 17.8 Å². The van der Waals surface area contributed by atoms with Crippen LogP contribution >= 0.6 is 11.6 Å². The Labute approximate surface area is 204 Å². The first-order chi connectivity index (χ1) is 16.7. The van der Waals surface area contributed by atoms with E-state index in [2.05, 4.69) is 15.0 Å². The van der Waals surface area contributed by atoms with Gasteiger partial charge in [-0.05, 0) is 25.1 Å². The molecule has 5 rings (SSSR count). The lowest BCUT2D eigenvalue weighted by Crippen LogP contribution is -2.49. The first kappa shape index (κ1) is 23.2. The molecule has 1 aliphatic heterocycles. The average Bonchev–Trinajstić information content (AvgIpc) is 3.19. The number of para-hydroxylation sites is 1. The van der Waals surface area contributed by atoms with Crippen molar-refractivity contribution in [3.05, 3.63) is 82.6 Å². The molecule has 0 radical (unpaired) electrons. The number of carbonyl (C=O) groups is 1. The predicted molar refractivity (Wildman–Crippen MR) is 128 cm³/mol. The number of aryl methyl sites for hydroxylation is 1. The van der Waals surface area contributed by atoms with Crippen LogP contribution in [0, 0.1) is 6.92 Å². The van der Waals surface area contributed by atoms with Crippen molar-refractivity contribution in [1.82, 2.24) is 19.5 Å². The molecule has 2 aromatic heterocycles. The molecule has 0 atom stereocenters. The Morgan fingerprint density at radius 1 is 0.971 bits per heavy atom. The SMILES string of the molecule is Cc1ccc(-c2cc(C(F)(F)F)n3nc(C(=O)N4CCN(c5ccccc5)CC4)c(Cl)c3n2)cc1. The van der Waals surface area contributed by atoms with Crippen LogP contribution in [0.2, 0.25) is 5.02 Å². The van der Waals surface area contributed by atoms with Gasteiger partial charge in [0.1, 0.15) is 5.02 Å². The van der Waals surface area contributed by atoms with Crippen LogP contribution in [0.3, 0.4) is 0 Å². The molecule has 4 aromatic rings. The molecule has 2 aromatic carbocycles. The van der Waals surface area contributed by atoms with E-state index in [9.17, 15) is 18.0 Å². The summed E-state index contributed by atoms with van der Waals surface area (Å²) in [4.78, 5) is 21.3. The first-order valence-corrected chi connectivity index (χ1v) is 11.4. The molecule has 0 bridgehead atoms. The molecule has 0 unspecified atom stereocenters. The molecular weight excluding hydrogens is 479 g/mol. The highest BCUT2D eigenvalue weighted by atomic mass is 35.5. The van der Waals surface area contributed by atoms with Crippen molar-refractivity contribution >= 4 is 28.8 Å². The number of benzene rings is 2. The lowest BCUT2D eigenvalue weighted by atomic mass is 10.1. The van der Waals surface area contributed by atoms with Gasteiger partial charge in [-0.3, -0.25) is 4.79 Å². The minimum absolute atomic E-state index is 0.0992. The fourth-order valence-corrected chi connectivity index (χ4v) is 4.40. The van der Waals surface area contributed by atoms with Crippen molar-refractivity contribution in [2.45, 2.75) is 13.1 Å². The number of carbonyl (C=O) groups excluding carboxylic acids is 1. The largest absolute Gasteiger partial charge is 0.433 e. The standard InChI is InChI=1S/C25H21ClF3N5O/c1-16-7-9-17(10-8-16)19-15-20(25(27,28)29)34-23(30-19)21(26)22(31-34)24(35)33-13-11-32(12-14-33)18-5-3-2-4-6-18/h2-10,15H,11-14H2,1H3. The number of piperazine rings is 1. The van der Waals surface area contributed by atoms with E-state index in [0.717, 1.165) is 17.3 Å².